The summed E-state index contributed by atoms with van der Waals surface area (Å²) in [5, 5.41) is 14.1. The number of thiocarbonyl (C=S) groups is 1. The minimum Gasteiger partial charge on any atom is -0.375 e. The van der Waals surface area contributed by atoms with Crippen molar-refractivity contribution in [2.45, 2.75) is 0 Å². The molecule has 0 aliphatic rings. The molecule has 3 N–H and O–H groups in total. The lowest BCUT2D eigenvalue weighted by molar-refractivity contribution is 0.917. The lowest BCUT2D eigenvalue weighted by Crippen LogP contribution is -2.24. The molecule has 24 heavy (non-hydrogen) atoms. The Hall–Kier alpha value is -3.31. The van der Waals surface area contributed by atoms with Crippen LogP contribution in [0.5, 0.6) is 0 Å². The van der Waals surface area contributed by atoms with Crippen LogP contribution in [0.4, 0.5) is 0 Å². The van der Waals surface area contributed by atoms with E-state index in [9.17, 15) is 0 Å². The van der Waals surface area contributed by atoms with E-state index in [2.05, 4.69) is 26.6 Å². The van der Waals surface area contributed by atoms with Crippen LogP contribution in [-0.2, 0) is 7.05 Å². The SMILES string of the molecule is Cn1cncc1-c1cc(/C=N/NC(N)=S)c2ccc(C#N)cc2n1. The molecular formula is C16H13N7S. The fourth-order valence-corrected chi connectivity index (χ4v) is 2.39. The van der Waals surface area contributed by atoms with Crippen molar-refractivity contribution >= 4 is 34.4 Å². The summed E-state index contributed by atoms with van der Waals surface area (Å²) in [6.45, 7) is 0. The molecule has 8 heteroatoms. The maximum atomic E-state index is 9.11. The maximum absolute atomic E-state index is 9.11. The van der Waals surface area contributed by atoms with Crippen molar-refractivity contribution in [2.24, 2.45) is 17.9 Å². The van der Waals surface area contributed by atoms with E-state index >= 15 is 0 Å². The van der Waals surface area contributed by atoms with Crippen LogP contribution < -0.4 is 11.2 Å². The third-order valence-corrected chi connectivity index (χ3v) is 3.52. The summed E-state index contributed by atoms with van der Waals surface area (Å²) in [6, 6.07) is 9.35. The van der Waals surface area contributed by atoms with E-state index in [4.69, 9.17) is 23.2 Å². The molecule has 0 radical (unpaired) electrons. The fraction of sp³-hybridized carbons (Fsp3) is 0.0625. The van der Waals surface area contributed by atoms with Crippen LogP contribution >= 0.6 is 12.2 Å². The van der Waals surface area contributed by atoms with Crippen LogP contribution in [0.15, 0.2) is 41.9 Å². The van der Waals surface area contributed by atoms with Crippen LogP contribution in [0.3, 0.4) is 0 Å². The van der Waals surface area contributed by atoms with E-state index in [1.165, 1.54) is 0 Å². The number of hydrogen-bond acceptors (Lipinski definition) is 5. The number of hydrazone groups is 1. The van der Waals surface area contributed by atoms with Gasteiger partial charge in [0.25, 0.3) is 0 Å². The number of nitrogens with one attached hydrogen (secondary N) is 1. The molecule has 3 aromatic rings. The average Bonchev–Trinajstić information content (AvgIpc) is 2.99. The molecule has 0 fully saturated rings. The van der Waals surface area contributed by atoms with E-state index in [0.29, 0.717) is 11.1 Å². The number of hydrogen-bond donors (Lipinski definition) is 2. The van der Waals surface area contributed by atoms with E-state index in [1.54, 1.807) is 30.9 Å². The number of aryl methyl sites for hydroxylation is 1. The van der Waals surface area contributed by atoms with Gasteiger partial charge in [0.05, 0.1) is 47.3 Å². The smallest absolute Gasteiger partial charge is 0.184 e. The highest BCUT2D eigenvalue weighted by atomic mass is 32.1. The number of nitrogens with zero attached hydrogens (tertiary/aromatic N) is 5. The lowest BCUT2D eigenvalue weighted by atomic mass is 10.1. The summed E-state index contributed by atoms with van der Waals surface area (Å²) in [6.07, 6.45) is 5.06. The zero-order valence-electron chi connectivity index (χ0n) is 12.8. The molecule has 0 unspecified atom stereocenters. The van der Waals surface area contributed by atoms with Crippen LogP contribution in [0.2, 0.25) is 0 Å². The Kier molecular flexibility index (Phi) is 4.18. The van der Waals surface area contributed by atoms with Crippen molar-refractivity contribution in [2.75, 3.05) is 0 Å². The van der Waals surface area contributed by atoms with Crippen LogP contribution in [-0.4, -0.2) is 25.9 Å². The molecule has 3 rings (SSSR count). The topological polar surface area (TPSA) is 105 Å². The zero-order chi connectivity index (χ0) is 17.1. The van der Waals surface area contributed by atoms with Gasteiger partial charge in [-0.15, -0.1) is 0 Å². The van der Waals surface area contributed by atoms with Gasteiger partial charge in [0.15, 0.2) is 5.11 Å². The average molecular weight is 335 g/mol. The number of nitriles is 1. The molecule has 118 valence electrons. The Morgan fingerprint density at radius 3 is 2.96 bits per heavy atom. The zero-order valence-corrected chi connectivity index (χ0v) is 13.6. The predicted octanol–water partition coefficient (Wildman–Crippen LogP) is 1.67. The van der Waals surface area contributed by atoms with Crippen molar-refractivity contribution in [1.29, 1.82) is 5.26 Å². The molecule has 0 saturated heterocycles. The van der Waals surface area contributed by atoms with Gasteiger partial charge >= 0.3 is 0 Å². The molecule has 0 aliphatic carbocycles. The fourth-order valence-electron chi connectivity index (χ4n) is 2.33. The third-order valence-electron chi connectivity index (χ3n) is 3.43. The summed E-state index contributed by atoms with van der Waals surface area (Å²) in [7, 11) is 1.89. The number of aromatic nitrogens is 3. The summed E-state index contributed by atoms with van der Waals surface area (Å²) in [4.78, 5) is 8.76. The van der Waals surface area contributed by atoms with Crippen molar-refractivity contribution in [3.05, 3.63) is 47.9 Å². The van der Waals surface area contributed by atoms with Crippen molar-refractivity contribution in [3.63, 3.8) is 0 Å². The standard InChI is InChI=1S/C16H13N7S/c1-23-9-19-8-15(23)14-5-11(7-20-22-16(18)24)12-3-2-10(6-17)4-13(12)21-14/h2-5,7-9H,1H3,(H3,18,22,24)/b20-7+. The highest BCUT2D eigenvalue weighted by Crippen LogP contribution is 2.24. The predicted molar refractivity (Wildman–Crippen MR) is 96.2 cm³/mol. The summed E-state index contributed by atoms with van der Waals surface area (Å²) in [5.74, 6) is 0. The van der Waals surface area contributed by atoms with Gasteiger partial charge in [-0.25, -0.2) is 9.97 Å². The Morgan fingerprint density at radius 1 is 1.46 bits per heavy atom. The van der Waals surface area contributed by atoms with Crippen molar-refractivity contribution in [1.82, 2.24) is 20.0 Å². The molecule has 2 heterocycles. The largest absolute Gasteiger partial charge is 0.375 e. The number of fused-ring (bicyclic) bond motifs is 1. The first kappa shape index (κ1) is 15.6. The Bertz CT molecular complexity index is 997. The van der Waals surface area contributed by atoms with Gasteiger partial charge in [-0.3, -0.25) is 5.43 Å². The van der Waals surface area contributed by atoms with E-state index in [1.807, 2.05) is 23.7 Å². The molecule has 7 nitrogen and oxygen atoms in total. The Morgan fingerprint density at radius 2 is 2.29 bits per heavy atom. The van der Waals surface area contributed by atoms with E-state index < -0.39 is 0 Å². The van der Waals surface area contributed by atoms with Crippen LogP contribution in [0.25, 0.3) is 22.3 Å². The van der Waals surface area contributed by atoms with Gasteiger partial charge in [0, 0.05) is 18.0 Å². The summed E-state index contributed by atoms with van der Waals surface area (Å²) in [5.41, 5.74) is 11.6. The van der Waals surface area contributed by atoms with Gasteiger partial charge in [0.1, 0.15) is 0 Å². The van der Waals surface area contributed by atoms with E-state index in [0.717, 1.165) is 22.3 Å². The summed E-state index contributed by atoms with van der Waals surface area (Å²) >= 11 is 4.74. The van der Waals surface area contributed by atoms with Crippen molar-refractivity contribution < 1.29 is 0 Å². The van der Waals surface area contributed by atoms with Gasteiger partial charge in [-0.1, -0.05) is 6.07 Å². The monoisotopic (exact) mass is 335 g/mol. The Labute approximate surface area is 143 Å². The van der Waals surface area contributed by atoms with Crippen molar-refractivity contribution in [3.8, 4) is 17.5 Å². The molecule has 0 atom stereocenters. The highest BCUT2D eigenvalue weighted by molar-refractivity contribution is 7.80. The molecule has 0 saturated carbocycles. The number of benzene rings is 1. The minimum absolute atomic E-state index is 0.0863. The number of nitrogens with two attached hydrogens (primary N) is 1. The molecule has 0 amide bonds. The highest BCUT2D eigenvalue weighted by Gasteiger charge is 2.10. The lowest BCUT2D eigenvalue weighted by Gasteiger charge is -2.08. The minimum atomic E-state index is 0.0863. The molecular weight excluding hydrogens is 322 g/mol. The molecule has 0 bridgehead atoms. The second-order valence-electron chi connectivity index (χ2n) is 5.06. The number of imidazole rings is 1. The quantitative estimate of drug-likeness (QED) is 0.428. The number of rotatable bonds is 3. The summed E-state index contributed by atoms with van der Waals surface area (Å²) < 4.78 is 1.87. The second kappa shape index (κ2) is 6.44. The van der Waals surface area contributed by atoms with E-state index in [-0.39, 0.29) is 5.11 Å². The first-order valence-electron chi connectivity index (χ1n) is 6.98. The molecule has 1 aromatic carbocycles. The van der Waals surface area contributed by atoms with Crippen LogP contribution in [0, 0.1) is 11.3 Å². The molecule has 2 aromatic heterocycles. The molecule has 0 spiro atoms. The number of pyridine rings is 1. The Balaban J connectivity index is 2.20. The van der Waals surface area contributed by atoms with Gasteiger partial charge in [0.2, 0.25) is 0 Å². The first-order chi connectivity index (χ1) is 11.6. The van der Waals surface area contributed by atoms with Gasteiger partial charge in [-0.2, -0.15) is 10.4 Å². The first-order valence-corrected chi connectivity index (χ1v) is 7.39. The maximum Gasteiger partial charge on any atom is 0.184 e. The normalized spacial score (nSPS) is 10.8. The third kappa shape index (κ3) is 3.06. The van der Waals surface area contributed by atoms with Gasteiger partial charge < -0.3 is 10.3 Å². The van der Waals surface area contributed by atoms with Gasteiger partial charge in [-0.05, 0) is 30.4 Å². The second-order valence-corrected chi connectivity index (χ2v) is 5.50. The molecule has 0 aliphatic heterocycles. The van der Waals surface area contributed by atoms with Crippen LogP contribution in [0.1, 0.15) is 11.1 Å².